The number of benzene rings is 3. The van der Waals surface area contributed by atoms with Gasteiger partial charge in [-0.25, -0.2) is 0 Å². The number of fused-ring (bicyclic) bond motifs is 2. The van der Waals surface area contributed by atoms with Gasteiger partial charge < -0.3 is 0 Å². The van der Waals surface area contributed by atoms with Gasteiger partial charge in [-0.2, -0.15) is 0 Å². The second kappa shape index (κ2) is 5.98. The molecule has 0 radical (unpaired) electrons. The molecule has 0 aliphatic heterocycles. The smallest absolute Gasteiger partial charge is 0 e. The molecule has 1 aliphatic rings. The van der Waals surface area contributed by atoms with Gasteiger partial charge in [0.2, 0.25) is 0 Å². The molecule has 0 atom stereocenters. The fourth-order valence-electron chi connectivity index (χ4n) is 3.75. The first-order valence-electron chi connectivity index (χ1n) is 8.43. The summed E-state index contributed by atoms with van der Waals surface area (Å²) in [7, 11) is 0. The van der Waals surface area contributed by atoms with Crippen LogP contribution in [0.4, 0.5) is 0 Å². The van der Waals surface area contributed by atoms with Crippen LogP contribution in [-0.4, -0.2) is 0 Å². The van der Waals surface area contributed by atoms with Gasteiger partial charge in [0.05, 0.1) is 0 Å². The van der Waals surface area contributed by atoms with Crippen molar-refractivity contribution in [1.29, 1.82) is 0 Å². The Morgan fingerprint density at radius 2 is 1.58 bits per heavy atom. The zero-order chi connectivity index (χ0) is 16.5. The van der Waals surface area contributed by atoms with Gasteiger partial charge in [-0.15, -0.1) is 0 Å². The lowest BCUT2D eigenvalue weighted by atomic mass is 9.82. The number of rotatable bonds is 3. The highest BCUT2D eigenvalue weighted by Crippen LogP contribution is 2.40. The minimum atomic E-state index is 0. The molecule has 4 rings (SSSR count). The van der Waals surface area contributed by atoms with Gasteiger partial charge >= 0.3 is 0 Å². The lowest BCUT2D eigenvalue weighted by molar-refractivity contribution is 0.987. The molecule has 0 unspecified atom stereocenters. The second-order valence-corrected chi connectivity index (χ2v) is 6.20. The average molecular weight is 312 g/mol. The molecule has 3 aromatic carbocycles. The van der Waals surface area contributed by atoms with Crippen LogP contribution >= 0.6 is 0 Å². The monoisotopic (exact) mass is 312 g/mol. The summed E-state index contributed by atoms with van der Waals surface area (Å²) >= 11 is 0. The summed E-state index contributed by atoms with van der Waals surface area (Å²) in [6, 6.07) is 17.3. The van der Waals surface area contributed by atoms with Crippen molar-refractivity contribution in [2.75, 3.05) is 0 Å². The topological polar surface area (TPSA) is 0 Å². The molecule has 0 bridgehead atoms. The normalized spacial score (nSPS) is 12.8. The van der Waals surface area contributed by atoms with E-state index < -0.39 is 0 Å². The maximum absolute atomic E-state index is 4.06. The molecule has 0 saturated heterocycles. The molecular weight excluding hydrogens is 288 g/mol. The Balaban J connectivity index is 0.00000121. The van der Waals surface area contributed by atoms with Gasteiger partial charge in [0, 0.05) is 2.85 Å². The molecule has 0 aromatic heterocycles. The van der Waals surface area contributed by atoms with Crippen LogP contribution in [0.2, 0.25) is 0 Å². The lowest BCUT2D eigenvalue weighted by Crippen LogP contribution is -2.01. The third kappa shape index (κ3) is 2.23. The highest BCUT2D eigenvalue weighted by molar-refractivity contribution is 6.03. The number of allylic oxidation sites excluding steroid dienone is 1. The Bertz CT molecular complexity index is 997. The summed E-state index contributed by atoms with van der Waals surface area (Å²) in [5, 5.41) is 2.54. The second-order valence-electron chi connectivity index (χ2n) is 6.20. The molecule has 24 heavy (non-hydrogen) atoms. The average Bonchev–Trinajstić information content (AvgIpc) is 2.66. The maximum Gasteiger partial charge on any atom is 0 e. The van der Waals surface area contributed by atoms with Crippen molar-refractivity contribution in [2.45, 2.75) is 12.8 Å². The first-order valence-corrected chi connectivity index (χ1v) is 8.43. The van der Waals surface area contributed by atoms with Crippen molar-refractivity contribution in [3.63, 3.8) is 0 Å². The fraction of sp³-hybridized carbons (Fsp3) is 0.0833. The van der Waals surface area contributed by atoms with E-state index in [1.165, 1.54) is 44.2 Å². The molecule has 3 aromatic rings. The Morgan fingerprint density at radius 3 is 2.42 bits per heavy atom. The minimum Gasteiger partial charge on any atom is -0.0984 e. The molecule has 0 heterocycles. The van der Waals surface area contributed by atoms with Crippen LogP contribution in [0.15, 0.2) is 67.8 Å². The minimum absolute atomic E-state index is 0. The zero-order valence-electron chi connectivity index (χ0n) is 13.8. The van der Waals surface area contributed by atoms with Crippen LogP contribution in [0.3, 0.4) is 0 Å². The first kappa shape index (κ1) is 14.7. The Kier molecular flexibility index (Phi) is 3.66. The predicted molar refractivity (Wildman–Crippen MR) is 111 cm³/mol. The fourth-order valence-corrected chi connectivity index (χ4v) is 3.75. The quantitative estimate of drug-likeness (QED) is 0.478. The van der Waals surface area contributed by atoms with E-state index in [4.69, 9.17) is 0 Å². The molecule has 0 fully saturated rings. The third-order valence-electron chi connectivity index (χ3n) is 4.89. The Hall–Kier alpha value is -2.86. The molecule has 0 N–H and O–H groups in total. The van der Waals surface area contributed by atoms with Crippen molar-refractivity contribution in [1.82, 2.24) is 0 Å². The van der Waals surface area contributed by atoms with Crippen LogP contribution in [0.5, 0.6) is 0 Å². The van der Waals surface area contributed by atoms with Crippen molar-refractivity contribution < 1.29 is 2.85 Å². The number of hydrogen-bond acceptors (Lipinski definition) is 0. The summed E-state index contributed by atoms with van der Waals surface area (Å²) in [5.41, 5.74) is 7.73. The molecule has 0 spiro atoms. The SMILES string of the molecule is C=Cc1ccc2c(c1-c1c(C=C)ccc3ccccc13)CCC=C2.[HH].[HH]. The Morgan fingerprint density at radius 1 is 0.833 bits per heavy atom. The van der Waals surface area contributed by atoms with Crippen molar-refractivity contribution in [3.8, 4) is 11.1 Å². The lowest BCUT2D eigenvalue weighted by Gasteiger charge is -2.21. The van der Waals surface area contributed by atoms with Gasteiger partial charge in [0.15, 0.2) is 0 Å². The molecule has 120 valence electrons. The van der Waals surface area contributed by atoms with Crippen molar-refractivity contribution >= 4 is 29.0 Å². The van der Waals surface area contributed by atoms with E-state index >= 15 is 0 Å². The van der Waals surface area contributed by atoms with Crippen LogP contribution < -0.4 is 0 Å². The van der Waals surface area contributed by atoms with Crippen LogP contribution in [0, 0.1) is 0 Å². The van der Waals surface area contributed by atoms with Gasteiger partial charge in [-0.05, 0) is 57.0 Å². The Labute approximate surface area is 146 Å². The van der Waals surface area contributed by atoms with Gasteiger partial charge in [0.1, 0.15) is 0 Å². The standard InChI is InChI=1S/C24H20.2H2/c1-3-17-13-15-19-9-5-7-11-21(19)23(17)24-18(4-2)14-16-20-10-6-8-12-22(20)24;;/h3-7,9-11,13-16H,1-2,8,12H2;2*1H. The van der Waals surface area contributed by atoms with Gasteiger partial charge in [-0.3, -0.25) is 0 Å². The summed E-state index contributed by atoms with van der Waals surface area (Å²) in [6.45, 7) is 8.11. The number of hydrogen-bond donors (Lipinski definition) is 0. The molecule has 0 amide bonds. The largest absolute Gasteiger partial charge is 0.0984 e. The van der Waals surface area contributed by atoms with Crippen molar-refractivity contribution in [2.24, 2.45) is 0 Å². The van der Waals surface area contributed by atoms with Crippen LogP contribution in [0.25, 0.3) is 40.1 Å². The first-order chi connectivity index (χ1) is 11.8. The highest BCUT2D eigenvalue weighted by Gasteiger charge is 2.18. The van der Waals surface area contributed by atoms with E-state index in [2.05, 4.69) is 73.8 Å². The highest BCUT2D eigenvalue weighted by atomic mass is 14.2. The zero-order valence-corrected chi connectivity index (χ0v) is 13.8. The van der Waals surface area contributed by atoms with E-state index in [1.807, 2.05) is 12.2 Å². The van der Waals surface area contributed by atoms with Crippen LogP contribution in [0.1, 0.15) is 31.5 Å². The van der Waals surface area contributed by atoms with Crippen LogP contribution in [-0.2, 0) is 6.42 Å². The van der Waals surface area contributed by atoms with Gasteiger partial charge in [-0.1, -0.05) is 86.0 Å². The molecule has 0 heteroatoms. The molecule has 0 nitrogen and oxygen atoms in total. The summed E-state index contributed by atoms with van der Waals surface area (Å²) in [6.07, 6.45) is 10.6. The predicted octanol–water partition coefficient (Wildman–Crippen LogP) is 7.24. The molecular formula is C24H24. The third-order valence-corrected chi connectivity index (χ3v) is 4.89. The molecule has 0 saturated carbocycles. The molecule has 1 aliphatic carbocycles. The van der Waals surface area contributed by atoms with E-state index in [0.29, 0.717) is 0 Å². The maximum atomic E-state index is 4.06. The van der Waals surface area contributed by atoms with E-state index in [-0.39, 0.29) is 2.85 Å². The van der Waals surface area contributed by atoms with Crippen molar-refractivity contribution in [3.05, 3.63) is 90.0 Å². The summed E-state index contributed by atoms with van der Waals surface area (Å²) in [4.78, 5) is 0. The summed E-state index contributed by atoms with van der Waals surface area (Å²) in [5.74, 6) is 0. The van der Waals surface area contributed by atoms with E-state index in [1.54, 1.807) is 0 Å². The van der Waals surface area contributed by atoms with Gasteiger partial charge in [0.25, 0.3) is 0 Å². The summed E-state index contributed by atoms with van der Waals surface area (Å²) < 4.78 is 0. The van der Waals surface area contributed by atoms with E-state index in [0.717, 1.165) is 12.8 Å². The van der Waals surface area contributed by atoms with E-state index in [9.17, 15) is 0 Å².